The van der Waals surface area contributed by atoms with E-state index in [0.29, 0.717) is 13.2 Å². The predicted octanol–water partition coefficient (Wildman–Crippen LogP) is 3.60. The van der Waals surface area contributed by atoms with Gasteiger partial charge in [0.25, 0.3) is 0 Å². The Morgan fingerprint density at radius 1 is 1.21 bits per heavy atom. The standard InChI is InChI=1S/C16H24O3/c1-6-16(18-9-10-19-16)12-7-8-14(17-5)13(11-12)15(2,3)4/h7-8,11H,6,9-10H2,1-5H3. The van der Waals surface area contributed by atoms with Crippen molar-refractivity contribution in [1.29, 1.82) is 0 Å². The predicted molar refractivity (Wildman–Crippen MR) is 75.6 cm³/mol. The zero-order chi connectivity index (χ0) is 14.1. The van der Waals surface area contributed by atoms with Crippen molar-refractivity contribution in [2.45, 2.75) is 45.3 Å². The summed E-state index contributed by atoms with van der Waals surface area (Å²) in [6.07, 6.45) is 0.808. The molecule has 0 bridgehead atoms. The molecule has 0 spiro atoms. The lowest BCUT2D eigenvalue weighted by Crippen LogP contribution is -2.27. The quantitative estimate of drug-likeness (QED) is 0.835. The minimum atomic E-state index is -0.577. The molecule has 1 aromatic rings. The first-order valence-corrected chi connectivity index (χ1v) is 6.90. The Labute approximate surface area is 115 Å². The van der Waals surface area contributed by atoms with Gasteiger partial charge in [0.2, 0.25) is 0 Å². The van der Waals surface area contributed by atoms with Gasteiger partial charge in [0.05, 0.1) is 20.3 Å². The third-order valence-corrected chi connectivity index (χ3v) is 3.67. The smallest absolute Gasteiger partial charge is 0.194 e. The minimum absolute atomic E-state index is 0.0227. The second kappa shape index (κ2) is 5.14. The first kappa shape index (κ1) is 14.4. The maximum Gasteiger partial charge on any atom is 0.194 e. The van der Waals surface area contributed by atoms with Gasteiger partial charge in [-0.05, 0) is 29.2 Å². The number of benzene rings is 1. The van der Waals surface area contributed by atoms with Gasteiger partial charge in [0, 0.05) is 12.0 Å². The van der Waals surface area contributed by atoms with Crippen molar-refractivity contribution in [3.05, 3.63) is 29.3 Å². The maximum atomic E-state index is 5.85. The molecule has 1 aromatic carbocycles. The van der Waals surface area contributed by atoms with Gasteiger partial charge in [-0.3, -0.25) is 0 Å². The molecule has 1 aliphatic heterocycles. The van der Waals surface area contributed by atoms with Crippen LogP contribution < -0.4 is 4.74 Å². The van der Waals surface area contributed by atoms with E-state index in [1.54, 1.807) is 7.11 Å². The lowest BCUT2D eigenvalue weighted by molar-refractivity contribution is -0.167. The van der Waals surface area contributed by atoms with Crippen LogP contribution in [0.4, 0.5) is 0 Å². The molecule has 0 saturated carbocycles. The maximum absolute atomic E-state index is 5.85. The van der Waals surface area contributed by atoms with Crippen molar-refractivity contribution in [2.24, 2.45) is 0 Å². The Kier molecular flexibility index (Phi) is 3.88. The summed E-state index contributed by atoms with van der Waals surface area (Å²) in [4.78, 5) is 0. The first-order valence-electron chi connectivity index (χ1n) is 6.90. The molecule has 2 rings (SSSR count). The van der Waals surface area contributed by atoms with Crippen molar-refractivity contribution in [1.82, 2.24) is 0 Å². The Bertz CT molecular complexity index is 440. The fourth-order valence-electron chi connectivity index (χ4n) is 2.56. The van der Waals surface area contributed by atoms with Crippen molar-refractivity contribution in [3.63, 3.8) is 0 Å². The Morgan fingerprint density at radius 2 is 1.84 bits per heavy atom. The molecular formula is C16H24O3. The molecule has 3 nitrogen and oxygen atoms in total. The number of rotatable bonds is 3. The van der Waals surface area contributed by atoms with Crippen molar-refractivity contribution < 1.29 is 14.2 Å². The van der Waals surface area contributed by atoms with Crippen LogP contribution in [0.15, 0.2) is 18.2 Å². The molecular weight excluding hydrogens is 240 g/mol. The molecule has 1 aliphatic rings. The van der Waals surface area contributed by atoms with Crippen molar-refractivity contribution in [3.8, 4) is 5.75 Å². The molecule has 3 heteroatoms. The molecule has 1 heterocycles. The zero-order valence-electron chi connectivity index (χ0n) is 12.6. The van der Waals surface area contributed by atoms with Gasteiger partial charge in [-0.15, -0.1) is 0 Å². The summed E-state index contributed by atoms with van der Waals surface area (Å²) in [5, 5.41) is 0. The summed E-state index contributed by atoms with van der Waals surface area (Å²) in [5.41, 5.74) is 2.28. The Hall–Kier alpha value is -1.06. The van der Waals surface area contributed by atoms with Gasteiger partial charge >= 0.3 is 0 Å². The summed E-state index contributed by atoms with van der Waals surface area (Å²) in [5.74, 6) is 0.340. The van der Waals surface area contributed by atoms with Gasteiger partial charge in [0.15, 0.2) is 5.79 Å². The van der Waals surface area contributed by atoms with Crippen LogP contribution in [0.3, 0.4) is 0 Å². The minimum Gasteiger partial charge on any atom is -0.496 e. The van der Waals surface area contributed by atoms with E-state index in [-0.39, 0.29) is 5.41 Å². The summed E-state index contributed by atoms with van der Waals surface area (Å²) in [6.45, 7) is 9.96. The van der Waals surface area contributed by atoms with Crippen LogP contribution in [-0.4, -0.2) is 20.3 Å². The summed E-state index contributed by atoms with van der Waals surface area (Å²) in [7, 11) is 1.71. The third-order valence-electron chi connectivity index (χ3n) is 3.67. The summed E-state index contributed by atoms with van der Waals surface area (Å²) in [6, 6.07) is 6.22. The molecule has 0 N–H and O–H groups in total. The molecule has 1 saturated heterocycles. The number of ether oxygens (including phenoxy) is 3. The van der Waals surface area contributed by atoms with E-state index in [9.17, 15) is 0 Å². The summed E-state index contributed by atoms with van der Waals surface area (Å²) < 4.78 is 17.2. The topological polar surface area (TPSA) is 27.7 Å². The normalized spacial score (nSPS) is 18.6. The van der Waals surface area contributed by atoms with E-state index in [4.69, 9.17) is 14.2 Å². The van der Waals surface area contributed by atoms with Gasteiger partial charge in [0.1, 0.15) is 5.75 Å². The number of hydrogen-bond acceptors (Lipinski definition) is 3. The highest BCUT2D eigenvalue weighted by Crippen LogP contribution is 2.39. The van der Waals surface area contributed by atoms with E-state index in [1.807, 2.05) is 12.1 Å². The highest BCUT2D eigenvalue weighted by Gasteiger charge is 2.37. The molecule has 0 atom stereocenters. The fourth-order valence-corrected chi connectivity index (χ4v) is 2.56. The van der Waals surface area contributed by atoms with Gasteiger partial charge < -0.3 is 14.2 Å². The average Bonchev–Trinajstić information content (AvgIpc) is 2.87. The third kappa shape index (κ3) is 2.63. The second-order valence-electron chi connectivity index (χ2n) is 5.97. The molecule has 0 unspecified atom stereocenters. The van der Waals surface area contributed by atoms with Crippen LogP contribution in [0.5, 0.6) is 5.75 Å². The van der Waals surface area contributed by atoms with Gasteiger partial charge in [-0.1, -0.05) is 27.7 Å². The lowest BCUT2D eigenvalue weighted by Gasteiger charge is -2.29. The van der Waals surface area contributed by atoms with Crippen LogP contribution in [0, 0.1) is 0 Å². The van der Waals surface area contributed by atoms with Gasteiger partial charge in [-0.25, -0.2) is 0 Å². The van der Waals surface area contributed by atoms with Crippen LogP contribution in [-0.2, 0) is 20.7 Å². The van der Waals surface area contributed by atoms with Crippen molar-refractivity contribution >= 4 is 0 Å². The van der Waals surface area contributed by atoms with Crippen LogP contribution in [0.1, 0.15) is 45.2 Å². The average molecular weight is 264 g/mol. The zero-order valence-corrected chi connectivity index (χ0v) is 12.6. The van der Waals surface area contributed by atoms with E-state index >= 15 is 0 Å². The number of hydrogen-bond donors (Lipinski definition) is 0. The van der Waals surface area contributed by atoms with Crippen LogP contribution >= 0.6 is 0 Å². The van der Waals surface area contributed by atoms with E-state index in [0.717, 1.165) is 17.7 Å². The SMILES string of the molecule is CCC1(c2ccc(OC)c(C(C)(C)C)c2)OCCO1. The van der Waals surface area contributed by atoms with Crippen LogP contribution in [0.25, 0.3) is 0 Å². The fraction of sp³-hybridized carbons (Fsp3) is 0.625. The van der Waals surface area contributed by atoms with Crippen LogP contribution in [0.2, 0.25) is 0 Å². The molecule has 19 heavy (non-hydrogen) atoms. The molecule has 0 amide bonds. The molecule has 1 fully saturated rings. The summed E-state index contributed by atoms with van der Waals surface area (Å²) >= 11 is 0. The monoisotopic (exact) mass is 264 g/mol. The van der Waals surface area contributed by atoms with E-state index < -0.39 is 5.79 Å². The Morgan fingerprint density at radius 3 is 2.32 bits per heavy atom. The molecule has 0 radical (unpaired) electrons. The van der Waals surface area contributed by atoms with Crippen molar-refractivity contribution in [2.75, 3.05) is 20.3 Å². The molecule has 106 valence electrons. The molecule has 0 aromatic heterocycles. The molecule has 0 aliphatic carbocycles. The van der Waals surface area contributed by atoms with E-state index in [1.165, 1.54) is 5.56 Å². The highest BCUT2D eigenvalue weighted by molar-refractivity contribution is 5.43. The number of methoxy groups -OCH3 is 1. The largest absolute Gasteiger partial charge is 0.496 e. The van der Waals surface area contributed by atoms with E-state index in [2.05, 4.69) is 33.8 Å². The Balaban J connectivity index is 2.48. The first-order chi connectivity index (χ1) is 8.93. The van der Waals surface area contributed by atoms with Gasteiger partial charge in [-0.2, -0.15) is 0 Å². The second-order valence-corrected chi connectivity index (χ2v) is 5.97. The lowest BCUT2D eigenvalue weighted by atomic mass is 9.84. The highest BCUT2D eigenvalue weighted by atomic mass is 16.7.